The molecule has 208 valence electrons. The quantitative estimate of drug-likeness (QED) is 0.397. The summed E-state index contributed by atoms with van der Waals surface area (Å²) in [5, 5.41) is 3.17. The minimum atomic E-state index is -4.73. The first kappa shape index (κ1) is 29.1. The van der Waals surface area contributed by atoms with E-state index >= 15 is 0 Å². The molecule has 0 bridgehead atoms. The molecule has 0 spiro atoms. The summed E-state index contributed by atoms with van der Waals surface area (Å²) in [5.41, 5.74) is 7.02. The average molecular weight is 591 g/mol. The molecular formula is C28H23Cl2F3N4O3. The van der Waals surface area contributed by atoms with Gasteiger partial charge in [0.15, 0.2) is 0 Å². The van der Waals surface area contributed by atoms with Gasteiger partial charge in [-0.3, -0.25) is 19.3 Å². The molecule has 4 rings (SSSR count). The summed E-state index contributed by atoms with van der Waals surface area (Å²) < 4.78 is 40.9. The van der Waals surface area contributed by atoms with Gasteiger partial charge in [-0.1, -0.05) is 66.5 Å². The van der Waals surface area contributed by atoms with Crippen molar-refractivity contribution in [1.82, 2.24) is 5.32 Å². The van der Waals surface area contributed by atoms with Gasteiger partial charge in [-0.2, -0.15) is 13.2 Å². The smallest absolute Gasteiger partial charge is 0.366 e. The minimum absolute atomic E-state index is 0.0249. The van der Waals surface area contributed by atoms with Gasteiger partial charge in [-0.15, -0.1) is 0 Å². The van der Waals surface area contributed by atoms with Gasteiger partial charge < -0.3 is 11.1 Å². The van der Waals surface area contributed by atoms with Crippen molar-refractivity contribution in [3.8, 4) is 0 Å². The molecule has 1 heterocycles. The van der Waals surface area contributed by atoms with E-state index in [1.54, 1.807) is 31.2 Å². The fourth-order valence-electron chi connectivity index (χ4n) is 4.28. The number of fused-ring (bicyclic) bond motifs is 1. The number of anilines is 1. The molecule has 3 amide bonds. The molecule has 3 aromatic rings. The number of carbonyl (C=O) groups is 3. The lowest BCUT2D eigenvalue weighted by molar-refractivity contribution is -0.135. The third-order valence-corrected chi connectivity index (χ3v) is 6.98. The summed E-state index contributed by atoms with van der Waals surface area (Å²) in [6.45, 7) is 0.0197. The number of rotatable bonds is 7. The molecule has 0 radical (unpaired) electrons. The van der Waals surface area contributed by atoms with Gasteiger partial charge in [0.2, 0.25) is 18.0 Å². The standard InChI is InChI=1S/C28H23Cl2F3N4O3/c1-15(12-16-6-11-20(29)21(30)13-16)26(39)36-25-27(40)37(14-28(31,32)33)22-5-3-2-4-19(22)23(35-25)17-7-9-18(10-8-17)24(34)38/h2-11,13,15,25H,12,14H2,1H3,(H2,34,38)(H,36,39)/t15-,25?/m0/s1. The molecule has 1 aliphatic rings. The van der Waals surface area contributed by atoms with Crippen LogP contribution >= 0.6 is 23.2 Å². The first-order valence-corrected chi connectivity index (χ1v) is 12.8. The van der Waals surface area contributed by atoms with Crippen molar-refractivity contribution in [3.05, 3.63) is 99.0 Å². The fraction of sp³-hybridized carbons (Fsp3) is 0.214. The van der Waals surface area contributed by atoms with Gasteiger partial charge in [-0.05, 0) is 42.3 Å². The van der Waals surface area contributed by atoms with Crippen LogP contribution < -0.4 is 16.0 Å². The summed E-state index contributed by atoms with van der Waals surface area (Å²) >= 11 is 12.0. The van der Waals surface area contributed by atoms with E-state index in [0.29, 0.717) is 26.1 Å². The van der Waals surface area contributed by atoms with Crippen LogP contribution in [0.2, 0.25) is 10.0 Å². The summed E-state index contributed by atoms with van der Waals surface area (Å²) in [6, 6.07) is 16.8. The van der Waals surface area contributed by atoms with Crippen molar-refractivity contribution in [1.29, 1.82) is 0 Å². The van der Waals surface area contributed by atoms with Crippen molar-refractivity contribution in [2.75, 3.05) is 11.4 Å². The number of aliphatic imine (C=N–C) groups is 1. The van der Waals surface area contributed by atoms with Crippen LogP contribution in [-0.4, -0.2) is 42.3 Å². The molecular weight excluding hydrogens is 568 g/mol. The van der Waals surface area contributed by atoms with E-state index in [-0.39, 0.29) is 28.9 Å². The predicted molar refractivity (Wildman–Crippen MR) is 147 cm³/mol. The maximum absolute atomic E-state index is 13.6. The van der Waals surface area contributed by atoms with E-state index in [2.05, 4.69) is 10.3 Å². The third kappa shape index (κ3) is 6.63. The Bertz CT molecular complexity index is 1490. The summed E-state index contributed by atoms with van der Waals surface area (Å²) in [6.07, 6.45) is -6.17. The van der Waals surface area contributed by atoms with E-state index in [1.807, 2.05) is 0 Å². The molecule has 0 saturated carbocycles. The number of primary amides is 1. The molecule has 1 unspecified atom stereocenters. The number of alkyl halides is 3. The van der Waals surface area contributed by atoms with Crippen LogP contribution in [0.3, 0.4) is 0 Å². The number of nitrogens with zero attached hydrogens (tertiary/aromatic N) is 2. The molecule has 0 aromatic heterocycles. The van der Waals surface area contributed by atoms with Gasteiger partial charge >= 0.3 is 6.18 Å². The number of nitrogens with one attached hydrogen (secondary N) is 1. The zero-order valence-corrected chi connectivity index (χ0v) is 22.5. The maximum Gasteiger partial charge on any atom is 0.406 e. The van der Waals surface area contributed by atoms with E-state index in [0.717, 1.165) is 0 Å². The van der Waals surface area contributed by atoms with Crippen molar-refractivity contribution in [2.45, 2.75) is 25.7 Å². The van der Waals surface area contributed by atoms with E-state index in [4.69, 9.17) is 28.9 Å². The number of nitrogens with two attached hydrogens (primary N) is 1. The Morgan fingerprint density at radius 1 is 1.05 bits per heavy atom. The number of benzodiazepines with no additional fused rings is 1. The summed E-state index contributed by atoms with van der Waals surface area (Å²) in [7, 11) is 0. The van der Waals surface area contributed by atoms with Crippen LogP contribution in [0.1, 0.15) is 34.0 Å². The van der Waals surface area contributed by atoms with E-state index in [1.165, 1.54) is 42.5 Å². The highest BCUT2D eigenvalue weighted by molar-refractivity contribution is 6.42. The Hall–Kier alpha value is -3.89. The highest BCUT2D eigenvalue weighted by Gasteiger charge is 2.40. The van der Waals surface area contributed by atoms with Crippen LogP contribution in [0.25, 0.3) is 0 Å². The first-order chi connectivity index (χ1) is 18.8. The number of halogens is 5. The van der Waals surface area contributed by atoms with Crippen molar-refractivity contribution in [3.63, 3.8) is 0 Å². The minimum Gasteiger partial charge on any atom is -0.366 e. The van der Waals surface area contributed by atoms with Gasteiger partial charge in [0.05, 0.1) is 21.4 Å². The number of hydrogen-bond donors (Lipinski definition) is 2. The Morgan fingerprint density at radius 3 is 2.35 bits per heavy atom. The monoisotopic (exact) mass is 590 g/mol. The Kier molecular flexibility index (Phi) is 8.51. The fourth-order valence-corrected chi connectivity index (χ4v) is 4.60. The zero-order valence-electron chi connectivity index (χ0n) is 21.0. The van der Waals surface area contributed by atoms with Crippen molar-refractivity contribution in [2.24, 2.45) is 16.6 Å². The largest absolute Gasteiger partial charge is 0.406 e. The SMILES string of the molecule is C[C@@H](Cc1ccc(Cl)c(Cl)c1)C(=O)NC1N=C(c2ccc(C(N)=O)cc2)c2ccccc2N(CC(F)(F)F)C1=O. The topological polar surface area (TPSA) is 105 Å². The molecule has 7 nitrogen and oxygen atoms in total. The highest BCUT2D eigenvalue weighted by Crippen LogP contribution is 2.31. The lowest BCUT2D eigenvalue weighted by Gasteiger charge is -2.26. The molecule has 0 fully saturated rings. The molecule has 1 aliphatic heterocycles. The number of amides is 3. The molecule has 3 aromatic carbocycles. The Labute approximate surface area is 237 Å². The second-order valence-corrected chi connectivity index (χ2v) is 10.1. The third-order valence-electron chi connectivity index (χ3n) is 6.24. The second-order valence-electron chi connectivity index (χ2n) is 9.24. The van der Waals surface area contributed by atoms with Crippen LogP contribution in [0.15, 0.2) is 71.7 Å². The van der Waals surface area contributed by atoms with Gasteiger partial charge in [0.1, 0.15) is 6.54 Å². The molecule has 0 saturated heterocycles. The van der Waals surface area contributed by atoms with Gasteiger partial charge in [0, 0.05) is 22.6 Å². The normalized spacial score (nSPS) is 16.1. The maximum atomic E-state index is 13.6. The number of hydrogen-bond acceptors (Lipinski definition) is 4. The Morgan fingerprint density at radius 2 is 1.73 bits per heavy atom. The van der Waals surface area contributed by atoms with Crippen LogP contribution in [0.5, 0.6) is 0 Å². The predicted octanol–water partition coefficient (Wildman–Crippen LogP) is 5.16. The average Bonchev–Trinajstić information content (AvgIpc) is 3.00. The van der Waals surface area contributed by atoms with Crippen LogP contribution in [-0.2, 0) is 16.0 Å². The van der Waals surface area contributed by atoms with Crippen LogP contribution in [0.4, 0.5) is 18.9 Å². The molecule has 12 heteroatoms. The Balaban J connectivity index is 1.73. The van der Waals surface area contributed by atoms with Crippen molar-refractivity contribution >= 4 is 52.3 Å². The molecule has 2 atom stereocenters. The van der Waals surface area contributed by atoms with Gasteiger partial charge in [0.25, 0.3) is 5.91 Å². The molecule has 0 aliphatic carbocycles. The second kappa shape index (κ2) is 11.7. The highest BCUT2D eigenvalue weighted by atomic mass is 35.5. The zero-order chi connectivity index (χ0) is 29.2. The number of benzene rings is 3. The first-order valence-electron chi connectivity index (χ1n) is 12.0. The number of carbonyl (C=O) groups excluding carboxylic acids is 3. The summed E-state index contributed by atoms with van der Waals surface area (Å²) in [5.74, 6) is -3.01. The van der Waals surface area contributed by atoms with Gasteiger partial charge in [-0.25, -0.2) is 4.99 Å². The lowest BCUT2D eigenvalue weighted by Crippen LogP contribution is -2.51. The number of para-hydroxylation sites is 1. The summed E-state index contributed by atoms with van der Waals surface area (Å²) in [4.78, 5) is 43.2. The van der Waals surface area contributed by atoms with E-state index in [9.17, 15) is 27.6 Å². The lowest BCUT2D eigenvalue weighted by atomic mass is 9.99. The molecule has 3 N–H and O–H groups in total. The van der Waals surface area contributed by atoms with E-state index < -0.39 is 42.5 Å². The molecule has 40 heavy (non-hydrogen) atoms. The van der Waals surface area contributed by atoms with Crippen LogP contribution in [0, 0.1) is 5.92 Å². The van der Waals surface area contributed by atoms with Crippen molar-refractivity contribution < 1.29 is 27.6 Å².